The van der Waals surface area contributed by atoms with Gasteiger partial charge in [-0.25, -0.2) is 4.79 Å². The Morgan fingerprint density at radius 2 is 1.58 bits per heavy atom. The van der Waals surface area contributed by atoms with E-state index in [1.807, 2.05) is 4.90 Å². The molecule has 2 fully saturated rings. The highest BCUT2D eigenvalue weighted by atomic mass is 28.4. The van der Waals surface area contributed by atoms with Crippen LogP contribution < -0.4 is 10.4 Å². The monoisotopic (exact) mass is 508 g/mol. The zero-order valence-electron chi connectivity index (χ0n) is 22.6. The average molecular weight is 509 g/mol. The van der Waals surface area contributed by atoms with Crippen molar-refractivity contribution in [1.29, 1.82) is 0 Å². The fourth-order valence-corrected chi connectivity index (χ4v) is 10.7. The lowest BCUT2D eigenvalue weighted by atomic mass is 10.1. The Labute approximate surface area is 218 Å². The molecule has 0 aliphatic carbocycles. The Morgan fingerprint density at radius 1 is 0.944 bits per heavy atom. The van der Waals surface area contributed by atoms with Gasteiger partial charge in [-0.2, -0.15) is 0 Å². The summed E-state index contributed by atoms with van der Waals surface area (Å²) < 4.78 is 12.6. The van der Waals surface area contributed by atoms with Gasteiger partial charge in [-0.3, -0.25) is 4.90 Å². The van der Waals surface area contributed by atoms with Crippen LogP contribution >= 0.6 is 0 Å². The maximum atomic E-state index is 12.5. The molecule has 5 nitrogen and oxygen atoms in total. The van der Waals surface area contributed by atoms with Crippen LogP contribution in [-0.4, -0.2) is 69.6 Å². The number of ether oxygens (including phenoxy) is 1. The van der Waals surface area contributed by atoms with E-state index < -0.39 is 8.32 Å². The summed E-state index contributed by atoms with van der Waals surface area (Å²) in [5.41, 5.74) is 0. The van der Waals surface area contributed by atoms with Crippen LogP contribution in [0.5, 0.6) is 0 Å². The molecule has 2 aliphatic rings. The van der Waals surface area contributed by atoms with Crippen LogP contribution in [-0.2, 0) is 9.16 Å². The van der Waals surface area contributed by atoms with Crippen LogP contribution in [0.3, 0.4) is 0 Å². The molecule has 2 saturated heterocycles. The Hall–Kier alpha value is -2.15. The third-order valence-electron chi connectivity index (χ3n) is 7.97. The van der Waals surface area contributed by atoms with Crippen LogP contribution in [0.4, 0.5) is 4.79 Å². The average Bonchev–Trinajstić information content (AvgIpc) is 3.46. The molecule has 36 heavy (non-hydrogen) atoms. The fraction of sp³-hybridized carbons (Fsp3) is 0.567. The lowest BCUT2D eigenvalue weighted by molar-refractivity contribution is 0.104. The summed E-state index contributed by atoms with van der Waals surface area (Å²) in [7, 11) is -2.48. The van der Waals surface area contributed by atoms with Gasteiger partial charge < -0.3 is 14.1 Å². The largest absolute Gasteiger partial charge is 0.449 e. The summed E-state index contributed by atoms with van der Waals surface area (Å²) in [5.74, 6) is 0.571. The molecule has 0 aromatic heterocycles. The summed E-state index contributed by atoms with van der Waals surface area (Å²) in [4.78, 5) is 17.0. The zero-order valence-corrected chi connectivity index (χ0v) is 23.6. The van der Waals surface area contributed by atoms with E-state index in [1.54, 1.807) is 0 Å². The number of benzene rings is 2. The van der Waals surface area contributed by atoms with E-state index in [0.717, 1.165) is 52.0 Å². The minimum Gasteiger partial charge on any atom is -0.449 e. The fourth-order valence-electron chi connectivity index (χ4n) is 6.13. The Morgan fingerprint density at radius 3 is 2.17 bits per heavy atom. The lowest BCUT2D eigenvalue weighted by Gasteiger charge is -2.43. The molecule has 0 radical (unpaired) electrons. The van der Waals surface area contributed by atoms with Crippen molar-refractivity contribution in [3.05, 3.63) is 60.7 Å². The van der Waals surface area contributed by atoms with Gasteiger partial charge in [0.15, 0.2) is 0 Å². The van der Waals surface area contributed by atoms with Crippen LogP contribution in [0.1, 0.15) is 53.4 Å². The van der Waals surface area contributed by atoms with E-state index >= 15 is 0 Å². The third-order valence-corrected chi connectivity index (χ3v) is 13.0. The van der Waals surface area contributed by atoms with E-state index in [1.165, 1.54) is 16.8 Å². The number of fused-ring (bicyclic) bond motifs is 1. The number of amides is 1. The molecule has 2 unspecified atom stereocenters. The number of hydrogen-bond donors (Lipinski definition) is 0. The number of carbonyl (C=O) groups excluding carboxylic acids is 1. The molecule has 2 atom stereocenters. The van der Waals surface area contributed by atoms with Crippen molar-refractivity contribution in [1.82, 2.24) is 9.80 Å². The standard InChI is InChI=1S/C30H44N2O3Si/c1-5-6-21-34-29(33)32-23-25-18-20-31(28(25)24-32)19-13-22-35-36(30(2,3)4,26-14-9-7-10-15-26)27-16-11-8-12-17-27/h7-12,14-17,25,28H,5-6,13,18-24H2,1-4H3. The second-order valence-corrected chi connectivity index (χ2v) is 15.7. The number of unbranched alkanes of at least 4 members (excludes halogenated alkanes) is 1. The van der Waals surface area contributed by atoms with Crippen molar-refractivity contribution in [3.63, 3.8) is 0 Å². The molecule has 2 aliphatic heterocycles. The number of likely N-dealkylation sites (tertiary alicyclic amines) is 2. The maximum absolute atomic E-state index is 12.5. The summed E-state index contributed by atoms with van der Waals surface area (Å²) in [6.07, 6.45) is 4.01. The molecule has 1 amide bonds. The van der Waals surface area contributed by atoms with Crippen molar-refractivity contribution in [2.75, 3.05) is 39.4 Å². The molecule has 196 valence electrons. The molecule has 0 saturated carbocycles. The van der Waals surface area contributed by atoms with Crippen LogP contribution in [0.15, 0.2) is 60.7 Å². The molecule has 0 bridgehead atoms. The van der Waals surface area contributed by atoms with Gasteiger partial charge in [-0.1, -0.05) is 94.8 Å². The SMILES string of the molecule is CCCCOC(=O)N1CC2CCN(CCCO[Si](c3ccccc3)(c3ccccc3)C(C)(C)C)C2C1. The second kappa shape index (κ2) is 11.9. The minimum absolute atomic E-state index is 0.00145. The van der Waals surface area contributed by atoms with E-state index in [0.29, 0.717) is 18.6 Å². The van der Waals surface area contributed by atoms with Crippen molar-refractivity contribution >= 4 is 24.8 Å². The lowest BCUT2D eigenvalue weighted by Crippen LogP contribution is -2.66. The molecule has 0 N–H and O–H groups in total. The first-order chi connectivity index (χ1) is 17.4. The summed E-state index contributed by atoms with van der Waals surface area (Å²) in [5, 5.41) is 2.66. The zero-order chi connectivity index (χ0) is 25.6. The van der Waals surface area contributed by atoms with Crippen molar-refractivity contribution in [2.45, 2.75) is 64.5 Å². The highest BCUT2D eigenvalue weighted by molar-refractivity contribution is 6.99. The number of rotatable bonds is 10. The van der Waals surface area contributed by atoms with Gasteiger partial charge >= 0.3 is 6.09 Å². The minimum atomic E-state index is -2.48. The third kappa shape index (κ3) is 5.71. The number of hydrogen-bond acceptors (Lipinski definition) is 4. The Balaban J connectivity index is 1.39. The highest BCUT2D eigenvalue weighted by Gasteiger charge is 2.50. The highest BCUT2D eigenvalue weighted by Crippen LogP contribution is 2.37. The predicted molar refractivity (Wildman–Crippen MR) is 149 cm³/mol. The second-order valence-electron chi connectivity index (χ2n) is 11.4. The van der Waals surface area contributed by atoms with E-state index in [-0.39, 0.29) is 11.1 Å². The topological polar surface area (TPSA) is 42.0 Å². The number of nitrogens with zero attached hydrogens (tertiary/aromatic N) is 2. The van der Waals surface area contributed by atoms with Gasteiger partial charge in [0.05, 0.1) is 6.61 Å². The van der Waals surface area contributed by atoms with Crippen LogP contribution in [0.2, 0.25) is 5.04 Å². The Kier molecular flexibility index (Phi) is 8.91. The first-order valence-electron chi connectivity index (χ1n) is 13.8. The predicted octanol–water partition coefficient (Wildman–Crippen LogP) is 4.90. The van der Waals surface area contributed by atoms with Crippen molar-refractivity contribution in [3.8, 4) is 0 Å². The molecule has 2 heterocycles. The van der Waals surface area contributed by atoms with Gasteiger partial charge in [0.1, 0.15) is 0 Å². The van der Waals surface area contributed by atoms with Gasteiger partial charge in [0.25, 0.3) is 8.32 Å². The van der Waals surface area contributed by atoms with Crippen molar-refractivity contribution < 1.29 is 14.0 Å². The molecule has 0 spiro atoms. The molecule has 4 rings (SSSR count). The van der Waals surface area contributed by atoms with Gasteiger partial charge in [0.2, 0.25) is 0 Å². The Bertz CT molecular complexity index is 924. The van der Waals surface area contributed by atoms with Gasteiger partial charge in [0, 0.05) is 32.3 Å². The van der Waals surface area contributed by atoms with Gasteiger partial charge in [-0.05, 0) is 47.1 Å². The molecular weight excluding hydrogens is 464 g/mol. The van der Waals surface area contributed by atoms with E-state index in [9.17, 15) is 4.79 Å². The molecular formula is C30H44N2O3Si. The summed E-state index contributed by atoms with van der Waals surface area (Å²) in [6, 6.07) is 22.2. The first-order valence-corrected chi connectivity index (χ1v) is 15.7. The van der Waals surface area contributed by atoms with E-state index in [4.69, 9.17) is 9.16 Å². The first kappa shape index (κ1) is 26.9. The maximum Gasteiger partial charge on any atom is 0.409 e. The molecule has 2 aromatic carbocycles. The molecule has 6 heteroatoms. The van der Waals surface area contributed by atoms with Gasteiger partial charge in [-0.15, -0.1) is 0 Å². The van der Waals surface area contributed by atoms with Crippen LogP contribution in [0, 0.1) is 5.92 Å². The van der Waals surface area contributed by atoms with E-state index in [2.05, 4.69) is 93.3 Å². The summed E-state index contributed by atoms with van der Waals surface area (Å²) >= 11 is 0. The normalized spacial score (nSPS) is 20.5. The summed E-state index contributed by atoms with van der Waals surface area (Å²) in [6.45, 7) is 14.1. The smallest absolute Gasteiger partial charge is 0.409 e. The van der Waals surface area contributed by atoms with Crippen molar-refractivity contribution in [2.24, 2.45) is 5.92 Å². The number of carbonyl (C=O) groups is 1. The molecule has 2 aromatic rings. The quantitative estimate of drug-likeness (QED) is 0.338. The van der Waals surface area contributed by atoms with Crippen LogP contribution in [0.25, 0.3) is 0 Å².